The Bertz CT molecular complexity index is 811. The smallest absolute Gasteiger partial charge is 0.141 e. The number of hydrogen-bond acceptors (Lipinski definition) is 4. The molecular formula is C18H16ClFN4. The van der Waals surface area contributed by atoms with Crippen LogP contribution in [0.25, 0.3) is 0 Å². The lowest BCUT2D eigenvalue weighted by Crippen LogP contribution is -2.07. The fraction of sp³-hybridized carbons (Fsp3) is 0.111. The molecule has 122 valence electrons. The minimum absolute atomic E-state index is 0.0651. The predicted molar refractivity (Wildman–Crippen MR) is 95.4 cm³/mol. The lowest BCUT2D eigenvalue weighted by atomic mass is 10.1. The topological polar surface area (TPSA) is 49.8 Å². The van der Waals surface area contributed by atoms with Gasteiger partial charge in [-0.3, -0.25) is 0 Å². The Kier molecular flexibility index (Phi) is 5.23. The highest BCUT2D eigenvalue weighted by molar-refractivity contribution is 6.31. The average Bonchev–Trinajstić information content (AvgIpc) is 2.60. The van der Waals surface area contributed by atoms with Crippen LogP contribution in [0.1, 0.15) is 5.56 Å². The van der Waals surface area contributed by atoms with Crippen LogP contribution < -0.4 is 10.6 Å². The normalized spacial score (nSPS) is 10.4. The quantitative estimate of drug-likeness (QED) is 0.683. The van der Waals surface area contributed by atoms with Crippen LogP contribution in [-0.2, 0) is 6.42 Å². The number of anilines is 3. The van der Waals surface area contributed by atoms with Crippen LogP contribution in [0.4, 0.5) is 21.7 Å². The first kappa shape index (κ1) is 16.2. The van der Waals surface area contributed by atoms with Crippen molar-refractivity contribution in [3.63, 3.8) is 0 Å². The summed E-state index contributed by atoms with van der Waals surface area (Å²) in [4.78, 5) is 8.35. The summed E-state index contributed by atoms with van der Waals surface area (Å²) in [5, 5.41) is 6.41. The van der Waals surface area contributed by atoms with Gasteiger partial charge in [-0.1, -0.05) is 41.9 Å². The van der Waals surface area contributed by atoms with E-state index in [4.69, 9.17) is 11.6 Å². The zero-order valence-corrected chi connectivity index (χ0v) is 13.6. The molecule has 3 aromatic rings. The van der Waals surface area contributed by atoms with Crippen LogP contribution in [-0.4, -0.2) is 16.5 Å². The molecule has 0 radical (unpaired) electrons. The summed E-state index contributed by atoms with van der Waals surface area (Å²) in [5.74, 6) is 0.875. The van der Waals surface area contributed by atoms with Gasteiger partial charge in [-0.05, 0) is 30.2 Å². The monoisotopic (exact) mass is 342 g/mol. The fourth-order valence-corrected chi connectivity index (χ4v) is 2.40. The molecule has 3 rings (SSSR count). The Hall–Kier alpha value is -2.66. The number of aromatic nitrogens is 2. The summed E-state index contributed by atoms with van der Waals surface area (Å²) in [6.45, 7) is 0.767. The number of nitrogens with one attached hydrogen (secondary N) is 2. The standard InChI is InChI=1S/C18H16ClFN4/c19-15-10-14(6-7-16(15)20)24-18-11-17(22-12-23-18)21-9-8-13-4-2-1-3-5-13/h1-7,10-12H,8-9H2,(H2,21,22,23,24). The molecule has 0 unspecified atom stereocenters. The number of benzene rings is 2. The minimum Gasteiger partial charge on any atom is -0.370 e. The minimum atomic E-state index is -0.451. The maximum atomic E-state index is 13.2. The number of rotatable bonds is 6. The summed E-state index contributed by atoms with van der Waals surface area (Å²) in [6.07, 6.45) is 2.37. The van der Waals surface area contributed by atoms with Crippen molar-refractivity contribution in [1.82, 2.24) is 9.97 Å². The van der Waals surface area contributed by atoms with E-state index in [1.54, 1.807) is 12.1 Å². The largest absolute Gasteiger partial charge is 0.370 e. The van der Waals surface area contributed by atoms with Crippen LogP contribution in [0.15, 0.2) is 60.9 Å². The molecule has 6 heteroatoms. The van der Waals surface area contributed by atoms with E-state index in [0.29, 0.717) is 11.5 Å². The Labute approximate surface area is 144 Å². The van der Waals surface area contributed by atoms with Crippen molar-refractivity contribution in [3.8, 4) is 0 Å². The second-order valence-electron chi connectivity index (χ2n) is 5.20. The zero-order chi connectivity index (χ0) is 16.8. The molecule has 0 aliphatic carbocycles. The molecule has 2 N–H and O–H groups in total. The van der Waals surface area contributed by atoms with Crippen molar-refractivity contribution in [2.75, 3.05) is 17.2 Å². The predicted octanol–water partition coefficient (Wildman–Crippen LogP) is 4.67. The van der Waals surface area contributed by atoms with Crippen LogP contribution in [0.3, 0.4) is 0 Å². The van der Waals surface area contributed by atoms with E-state index in [-0.39, 0.29) is 5.02 Å². The number of nitrogens with zero attached hydrogens (tertiary/aromatic N) is 2. The van der Waals surface area contributed by atoms with Crippen molar-refractivity contribution in [2.24, 2.45) is 0 Å². The number of hydrogen-bond donors (Lipinski definition) is 2. The average molecular weight is 343 g/mol. The van der Waals surface area contributed by atoms with E-state index in [1.165, 1.54) is 24.0 Å². The first-order valence-corrected chi connectivity index (χ1v) is 7.90. The summed E-state index contributed by atoms with van der Waals surface area (Å²) >= 11 is 5.78. The van der Waals surface area contributed by atoms with Crippen molar-refractivity contribution in [2.45, 2.75) is 6.42 Å². The summed E-state index contributed by atoms with van der Waals surface area (Å²) < 4.78 is 13.2. The highest BCUT2D eigenvalue weighted by Gasteiger charge is 2.03. The molecule has 0 fully saturated rings. The molecule has 2 aromatic carbocycles. The van der Waals surface area contributed by atoms with Gasteiger partial charge in [0.2, 0.25) is 0 Å². The van der Waals surface area contributed by atoms with E-state index in [1.807, 2.05) is 18.2 Å². The lowest BCUT2D eigenvalue weighted by molar-refractivity contribution is 0.628. The van der Waals surface area contributed by atoms with E-state index in [9.17, 15) is 4.39 Å². The van der Waals surface area contributed by atoms with Gasteiger partial charge in [0, 0.05) is 18.3 Å². The van der Waals surface area contributed by atoms with E-state index < -0.39 is 5.82 Å². The van der Waals surface area contributed by atoms with Crippen LogP contribution in [0.2, 0.25) is 5.02 Å². The third-order valence-corrected chi connectivity index (χ3v) is 3.71. The molecule has 0 atom stereocenters. The van der Waals surface area contributed by atoms with E-state index in [0.717, 1.165) is 18.8 Å². The fourth-order valence-electron chi connectivity index (χ4n) is 2.22. The molecular weight excluding hydrogens is 327 g/mol. The van der Waals surface area contributed by atoms with Gasteiger partial charge < -0.3 is 10.6 Å². The molecule has 1 aromatic heterocycles. The van der Waals surface area contributed by atoms with Crippen LogP contribution in [0, 0.1) is 5.82 Å². The second-order valence-corrected chi connectivity index (χ2v) is 5.61. The molecule has 24 heavy (non-hydrogen) atoms. The maximum Gasteiger partial charge on any atom is 0.141 e. The molecule has 0 aliphatic rings. The maximum absolute atomic E-state index is 13.2. The Morgan fingerprint density at radius 2 is 1.75 bits per heavy atom. The Morgan fingerprint density at radius 1 is 0.958 bits per heavy atom. The number of halogens is 2. The van der Waals surface area contributed by atoms with Gasteiger partial charge in [-0.2, -0.15) is 0 Å². The van der Waals surface area contributed by atoms with Gasteiger partial charge in [0.25, 0.3) is 0 Å². The highest BCUT2D eigenvalue weighted by Crippen LogP contribution is 2.22. The third kappa shape index (κ3) is 4.43. The lowest BCUT2D eigenvalue weighted by Gasteiger charge is -2.09. The highest BCUT2D eigenvalue weighted by atomic mass is 35.5. The molecule has 0 saturated heterocycles. The Morgan fingerprint density at radius 3 is 2.54 bits per heavy atom. The van der Waals surface area contributed by atoms with Gasteiger partial charge in [0.1, 0.15) is 23.8 Å². The van der Waals surface area contributed by atoms with Gasteiger partial charge in [0.05, 0.1) is 5.02 Å². The molecule has 0 bridgehead atoms. The second kappa shape index (κ2) is 7.75. The van der Waals surface area contributed by atoms with Gasteiger partial charge in [-0.15, -0.1) is 0 Å². The summed E-state index contributed by atoms with van der Waals surface area (Å²) in [7, 11) is 0. The van der Waals surface area contributed by atoms with Crippen molar-refractivity contribution in [1.29, 1.82) is 0 Å². The van der Waals surface area contributed by atoms with Gasteiger partial charge >= 0.3 is 0 Å². The zero-order valence-electron chi connectivity index (χ0n) is 12.8. The van der Waals surface area contributed by atoms with Gasteiger partial charge in [0.15, 0.2) is 0 Å². The molecule has 4 nitrogen and oxygen atoms in total. The van der Waals surface area contributed by atoms with E-state index in [2.05, 4.69) is 32.7 Å². The molecule has 0 amide bonds. The molecule has 1 heterocycles. The summed E-state index contributed by atoms with van der Waals surface area (Å²) in [5.41, 5.74) is 1.92. The first-order valence-electron chi connectivity index (χ1n) is 7.52. The Balaban J connectivity index is 1.60. The van der Waals surface area contributed by atoms with Crippen molar-refractivity contribution < 1.29 is 4.39 Å². The molecule has 0 aliphatic heterocycles. The van der Waals surface area contributed by atoms with Gasteiger partial charge in [-0.25, -0.2) is 14.4 Å². The molecule has 0 saturated carbocycles. The van der Waals surface area contributed by atoms with Crippen LogP contribution in [0.5, 0.6) is 0 Å². The van der Waals surface area contributed by atoms with Crippen molar-refractivity contribution in [3.05, 3.63) is 77.3 Å². The first-order chi connectivity index (χ1) is 11.7. The third-order valence-electron chi connectivity index (χ3n) is 3.42. The SMILES string of the molecule is Fc1ccc(Nc2cc(NCCc3ccccc3)ncn2)cc1Cl. The van der Waals surface area contributed by atoms with Crippen LogP contribution >= 0.6 is 11.6 Å². The molecule has 0 spiro atoms. The van der Waals surface area contributed by atoms with Crippen molar-refractivity contribution >= 4 is 28.9 Å². The summed E-state index contributed by atoms with van der Waals surface area (Å²) in [6, 6.07) is 16.5. The van der Waals surface area contributed by atoms with E-state index >= 15 is 0 Å².